The molecule has 1 atom stereocenters. The summed E-state index contributed by atoms with van der Waals surface area (Å²) in [7, 11) is -3.73. The molecule has 4 N–H and O–H groups in total. The van der Waals surface area contributed by atoms with Gasteiger partial charge in [0.1, 0.15) is 5.76 Å². The molecule has 2 heterocycles. The molecule has 0 amide bonds. The van der Waals surface area contributed by atoms with Crippen molar-refractivity contribution in [3.05, 3.63) is 42.5 Å². The molecule has 0 bridgehead atoms. The Morgan fingerprint density at radius 3 is 2.86 bits per heavy atom. The number of hydrogen-bond acceptors (Lipinski definition) is 6. The lowest BCUT2D eigenvalue weighted by atomic mass is 10.2. The van der Waals surface area contributed by atoms with Crippen LogP contribution in [0.15, 0.2) is 46.2 Å². The Morgan fingerprint density at radius 2 is 2.19 bits per heavy atom. The average molecular weight is 310 g/mol. The van der Waals surface area contributed by atoms with Gasteiger partial charge >= 0.3 is 0 Å². The van der Waals surface area contributed by atoms with Crippen LogP contribution in [0, 0.1) is 0 Å². The smallest absolute Gasteiger partial charge is 0.260 e. The van der Waals surface area contributed by atoms with Crippen molar-refractivity contribution in [2.24, 2.45) is 5.84 Å². The first-order valence-electron chi connectivity index (χ1n) is 6.49. The van der Waals surface area contributed by atoms with E-state index < -0.39 is 10.0 Å². The van der Waals surface area contributed by atoms with E-state index in [2.05, 4.69) is 15.1 Å². The topological polar surface area (TPSA) is 110 Å². The second-order valence-electron chi connectivity index (χ2n) is 4.64. The van der Waals surface area contributed by atoms with Gasteiger partial charge in [0.25, 0.3) is 10.0 Å². The zero-order valence-corrected chi connectivity index (χ0v) is 12.4. The molecular formula is C13H18N4O3S. The molecule has 7 nitrogen and oxygen atoms in total. The number of rotatable bonds is 7. The van der Waals surface area contributed by atoms with E-state index >= 15 is 0 Å². The lowest BCUT2D eigenvalue weighted by Gasteiger charge is -2.14. The SMILES string of the molecule is CC(CCc1ccco1)NS(=O)(=O)c1ncccc1NN. The fraction of sp³-hybridized carbons (Fsp3) is 0.308. The van der Waals surface area contributed by atoms with E-state index in [-0.39, 0.29) is 16.8 Å². The van der Waals surface area contributed by atoms with Gasteiger partial charge in [-0.3, -0.25) is 5.84 Å². The molecule has 0 radical (unpaired) electrons. The monoisotopic (exact) mass is 310 g/mol. The highest BCUT2D eigenvalue weighted by atomic mass is 32.2. The highest BCUT2D eigenvalue weighted by molar-refractivity contribution is 7.89. The number of anilines is 1. The molecule has 21 heavy (non-hydrogen) atoms. The normalized spacial score (nSPS) is 13.0. The quantitative estimate of drug-likeness (QED) is 0.524. The predicted octanol–water partition coefficient (Wildman–Crippen LogP) is 1.26. The minimum Gasteiger partial charge on any atom is -0.469 e. The summed E-state index contributed by atoms with van der Waals surface area (Å²) < 4.78 is 32.4. The fourth-order valence-electron chi connectivity index (χ4n) is 1.91. The number of pyridine rings is 1. The molecule has 114 valence electrons. The van der Waals surface area contributed by atoms with Crippen molar-refractivity contribution in [1.29, 1.82) is 0 Å². The number of nitrogens with one attached hydrogen (secondary N) is 2. The van der Waals surface area contributed by atoms with Crippen LogP contribution in [-0.2, 0) is 16.4 Å². The molecule has 2 aromatic heterocycles. The van der Waals surface area contributed by atoms with E-state index in [1.807, 2.05) is 6.07 Å². The van der Waals surface area contributed by atoms with Gasteiger partial charge in [-0.1, -0.05) is 0 Å². The summed E-state index contributed by atoms with van der Waals surface area (Å²) in [5.74, 6) is 6.13. The van der Waals surface area contributed by atoms with E-state index in [0.29, 0.717) is 12.8 Å². The summed E-state index contributed by atoms with van der Waals surface area (Å²) in [6.45, 7) is 1.79. The number of aryl methyl sites for hydroxylation is 1. The van der Waals surface area contributed by atoms with Gasteiger partial charge < -0.3 is 9.84 Å². The first-order valence-corrected chi connectivity index (χ1v) is 7.97. The Bertz CT molecular complexity index is 670. The third kappa shape index (κ3) is 4.03. The molecular weight excluding hydrogens is 292 g/mol. The van der Waals surface area contributed by atoms with Crippen LogP contribution in [0.5, 0.6) is 0 Å². The summed E-state index contributed by atoms with van der Waals surface area (Å²) >= 11 is 0. The molecule has 2 aromatic rings. The standard InChI is InChI=1S/C13H18N4O3S/c1-10(6-7-11-4-3-9-20-11)17-21(18,19)13-12(16-14)5-2-8-15-13/h2-5,8-10,16-17H,6-7,14H2,1H3. The Hall–Kier alpha value is -1.90. The maximum absolute atomic E-state index is 12.3. The fourth-order valence-corrected chi connectivity index (χ4v) is 3.28. The minimum absolute atomic E-state index is 0.114. The molecule has 0 saturated carbocycles. The van der Waals surface area contributed by atoms with Gasteiger partial charge in [-0.05, 0) is 37.6 Å². The predicted molar refractivity (Wildman–Crippen MR) is 78.9 cm³/mol. The third-order valence-electron chi connectivity index (χ3n) is 2.94. The first-order chi connectivity index (χ1) is 10.0. The van der Waals surface area contributed by atoms with Gasteiger partial charge in [-0.2, -0.15) is 0 Å². The van der Waals surface area contributed by atoms with Crippen LogP contribution < -0.4 is 16.0 Å². The Balaban J connectivity index is 2.03. The van der Waals surface area contributed by atoms with Gasteiger partial charge in [0.15, 0.2) is 5.03 Å². The van der Waals surface area contributed by atoms with Gasteiger partial charge in [0.2, 0.25) is 0 Å². The van der Waals surface area contributed by atoms with Crippen molar-refractivity contribution in [2.45, 2.75) is 30.8 Å². The minimum atomic E-state index is -3.73. The highest BCUT2D eigenvalue weighted by Gasteiger charge is 2.22. The van der Waals surface area contributed by atoms with Crippen molar-refractivity contribution in [1.82, 2.24) is 9.71 Å². The van der Waals surface area contributed by atoms with Crippen LogP contribution in [0.4, 0.5) is 5.69 Å². The maximum Gasteiger partial charge on any atom is 0.260 e. The number of sulfonamides is 1. The Kier molecular flexibility index (Phi) is 4.94. The number of furan rings is 1. The number of hydrazine groups is 1. The zero-order valence-electron chi connectivity index (χ0n) is 11.6. The van der Waals surface area contributed by atoms with E-state index in [4.69, 9.17) is 10.3 Å². The molecule has 0 aliphatic carbocycles. The van der Waals surface area contributed by atoms with Crippen LogP contribution in [0.3, 0.4) is 0 Å². The second-order valence-corrected chi connectivity index (χ2v) is 6.27. The summed E-state index contributed by atoms with van der Waals surface area (Å²) in [5.41, 5.74) is 2.59. The summed E-state index contributed by atoms with van der Waals surface area (Å²) in [5, 5.41) is -0.114. The van der Waals surface area contributed by atoms with Gasteiger partial charge in [-0.25, -0.2) is 18.1 Å². The lowest BCUT2D eigenvalue weighted by molar-refractivity contribution is 0.479. The molecule has 2 rings (SSSR count). The number of hydrogen-bond donors (Lipinski definition) is 3. The number of nitrogen functional groups attached to an aromatic ring is 1. The van der Waals surface area contributed by atoms with E-state index in [9.17, 15) is 8.42 Å². The Labute approximate surface area is 123 Å². The molecule has 0 spiro atoms. The second kappa shape index (κ2) is 6.70. The maximum atomic E-state index is 12.3. The summed E-state index contributed by atoms with van der Waals surface area (Å²) in [6.07, 6.45) is 4.27. The van der Waals surface area contributed by atoms with E-state index in [0.717, 1.165) is 5.76 Å². The molecule has 0 aromatic carbocycles. The lowest BCUT2D eigenvalue weighted by Crippen LogP contribution is -2.34. The van der Waals surface area contributed by atoms with Crippen molar-refractivity contribution < 1.29 is 12.8 Å². The van der Waals surface area contributed by atoms with Gasteiger partial charge in [-0.15, -0.1) is 0 Å². The Morgan fingerprint density at radius 1 is 1.38 bits per heavy atom. The van der Waals surface area contributed by atoms with Crippen LogP contribution in [-0.4, -0.2) is 19.4 Å². The van der Waals surface area contributed by atoms with Crippen LogP contribution in [0.1, 0.15) is 19.1 Å². The van der Waals surface area contributed by atoms with Crippen molar-refractivity contribution in [2.75, 3.05) is 5.43 Å². The highest BCUT2D eigenvalue weighted by Crippen LogP contribution is 2.17. The van der Waals surface area contributed by atoms with Gasteiger partial charge in [0.05, 0.1) is 12.0 Å². The summed E-state index contributed by atoms with van der Waals surface area (Å²) in [6, 6.07) is 6.56. The summed E-state index contributed by atoms with van der Waals surface area (Å²) in [4.78, 5) is 3.87. The van der Waals surface area contributed by atoms with E-state index in [1.165, 1.54) is 6.20 Å². The largest absolute Gasteiger partial charge is 0.469 e. The first kappa shape index (κ1) is 15.5. The average Bonchev–Trinajstić information content (AvgIpc) is 2.98. The molecule has 8 heteroatoms. The zero-order chi connectivity index (χ0) is 15.3. The molecule has 0 aliphatic heterocycles. The molecule has 0 saturated heterocycles. The van der Waals surface area contributed by atoms with Crippen molar-refractivity contribution in [3.63, 3.8) is 0 Å². The van der Waals surface area contributed by atoms with Crippen molar-refractivity contribution in [3.8, 4) is 0 Å². The van der Waals surface area contributed by atoms with Gasteiger partial charge in [0, 0.05) is 18.7 Å². The number of nitrogens with two attached hydrogens (primary N) is 1. The molecule has 1 unspecified atom stereocenters. The van der Waals surface area contributed by atoms with Crippen LogP contribution >= 0.6 is 0 Å². The van der Waals surface area contributed by atoms with E-state index in [1.54, 1.807) is 31.4 Å². The number of nitrogens with zero attached hydrogens (tertiary/aromatic N) is 1. The number of aromatic nitrogens is 1. The van der Waals surface area contributed by atoms with Crippen molar-refractivity contribution >= 4 is 15.7 Å². The molecule has 0 fully saturated rings. The third-order valence-corrected chi connectivity index (χ3v) is 4.49. The van der Waals surface area contributed by atoms with Crippen LogP contribution in [0.2, 0.25) is 0 Å². The molecule has 0 aliphatic rings. The van der Waals surface area contributed by atoms with Crippen LogP contribution in [0.25, 0.3) is 0 Å².